The van der Waals surface area contributed by atoms with E-state index in [1.54, 1.807) is 13.8 Å². The molecule has 1 aromatic rings. The van der Waals surface area contributed by atoms with Crippen LogP contribution in [0.15, 0.2) is 54.6 Å². The van der Waals surface area contributed by atoms with E-state index in [2.05, 4.69) is 83.2 Å². The van der Waals surface area contributed by atoms with Crippen molar-refractivity contribution in [2.45, 2.75) is 53.3 Å². The summed E-state index contributed by atoms with van der Waals surface area (Å²) in [5.74, 6) is -0.377. The molecule has 0 amide bonds. The van der Waals surface area contributed by atoms with Gasteiger partial charge in [-0.1, -0.05) is 74.1 Å². The van der Waals surface area contributed by atoms with Gasteiger partial charge in [0.1, 0.15) is 12.3 Å². The van der Waals surface area contributed by atoms with Crippen LogP contribution in [0.1, 0.15) is 45.2 Å². The first kappa shape index (κ1) is 35.6. The van der Waals surface area contributed by atoms with Crippen molar-refractivity contribution in [1.82, 2.24) is 5.32 Å². The Morgan fingerprint density at radius 1 is 1.12 bits per heavy atom. The van der Waals surface area contributed by atoms with Crippen molar-refractivity contribution >= 4 is 23.1 Å². The molecular formula is C26H44ClNO5. The average Bonchev–Trinajstić information content (AvgIpc) is 3.14. The Morgan fingerprint density at radius 2 is 1.70 bits per heavy atom. The number of alkyl halides is 1. The average molecular weight is 486 g/mol. The van der Waals surface area contributed by atoms with Crippen LogP contribution in [0.25, 0.3) is 5.57 Å². The topological polar surface area (TPSA) is 88.0 Å². The first-order valence-electron chi connectivity index (χ1n) is 11.0. The van der Waals surface area contributed by atoms with Gasteiger partial charge in [0.15, 0.2) is 0 Å². The lowest BCUT2D eigenvalue weighted by atomic mass is 10.0. The largest absolute Gasteiger partial charge is 0.465 e. The number of ether oxygens (including phenoxy) is 2. The Bertz CT molecular complexity index is 657. The second-order valence-electron chi connectivity index (χ2n) is 6.19. The van der Waals surface area contributed by atoms with Crippen molar-refractivity contribution in [2.75, 3.05) is 33.8 Å². The summed E-state index contributed by atoms with van der Waals surface area (Å²) in [4.78, 5) is 11.0. The number of methoxy groups -OCH3 is 1. The van der Waals surface area contributed by atoms with E-state index in [9.17, 15) is 9.90 Å². The predicted octanol–water partition coefficient (Wildman–Crippen LogP) is 4.88. The molecule has 0 heterocycles. The van der Waals surface area contributed by atoms with E-state index < -0.39 is 12.3 Å². The van der Waals surface area contributed by atoms with Crippen LogP contribution in [0, 0.1) is 6.92 Å². The minimum Gasteiger partial charge on any atom is -0.465 e. The lowest BCUT2D eigenvalue weighted by molar-refractivity contribution is -0.146. The maximum absolute atomic E-state index is 11.0. The standard InChI is InChI=1S/C14H14.C8H17NO4.C2H6.CH3Cl.CH4O/c1-12-8-10-14(11-9-12)13-6-4-2-3-5-7-13;1-4-13-8(11)6(2)9-7(10)5-12-3;3*1-2/h2-6,8-11H,7H2,1H3;6-7,9-10H,4-5H2,1-3H3;1-2H3;1H3;2H,1H3/t;6-,7?;;;/m.0.../s1. The van der Waals surface area contributed by atoms with Gasteiger partial charge in [-0.25, -0.2) is 0 Å². The van der Waals surface area contributed by atoms with E-state index in [4.69, 9.17) is 9.84 Å². The molecule has 0 radical (unpaired) electrons. The Hall–Kier alpha value is -1.96. The van der Waals surface area contributed by atoms with Gasteiger partial charge in [0.2, 0.25) is 0 Å². The fraction of sp³-hybridized carbons (Fsp3) is 0.500. The molecule has 0 saturated carbocycles. The minimum atomic E-state index is -0.843. The smallest absolute Gasteiger partial charge is 0.322 e. The Labute approximate surface area is 206 Å². The summed E-state index contributed by atoms with van der Waals surface area (Å²) in [5, 5.41) is 18.8. The third-order valence-electron chi connectivity index (χ3n) is 3.82. The molecule has 6 nitrogen and oxygen atoms in total. The fourth-order valence-corrected chi connectivity index (χ4v) is 2.39. The van der Waals surface area contributed by atoms with E-state index in [0.29, 0.717) is 6.61 Å². The highest BCUT2D eigenvalue weighted by Crippen LogP contribution is 2.20. The van der Waals surface area contributed by atoms with Crippen LogP contribution in [-0.4, -0.2) is 62.3 Å². The van der Waals surface area contributed by atoms with Crippen LogP contribution in [0.4, 0.5) is 0 Å². The molecule has 0 saturated heterocycles. The summed E-state index contributed by atoms with van der Waals surface area (Å²) in [6.07, 6.45) is 12.3. The predicted molar refractivity (Wildman–Crippen MR) is 140 cm³/mol. The van der Waals surface area contributed by atoms with Crippen LogP contribution in [0.5, 0.6) is 0 Å². The molecule has 1 aromatic carbocycles. The van der Waals surface area contributed by atoms with E-state index in [1.165, 1.54) is 30.2 Å². The molecule has 0 spiro atoms. The Balaban J connectivity index is -0.000000446. The number of hydrogen-bond acceptors (Lipinski definition) is 6. The van der Waals surface area contributed by atoms with Gasteiger partial charge in [-0.05, 0) is 38.3 Å². The van der Waals surface area contributed by atoms with Crippen LogP contribution < -0.4 is 5.32 Å². The fourth-order valence-electron chi connectivity index (χ4n) is 2.39. The lowest BCUT2D eigenvalue weighted by Gasteiger charge is -2.16. The molecule has 0 fully saturated rings. The number of aliphatic hydroxyl groups excluding tert-OH is 2. The Kier molecular flexibility index (Phi) is 28.4. The molecule has 190 valence electrons. The monoisotopic (exact) mass is 485 g/mol. The maximum atomic E-state index is 11.0. The molecule has 2 atom stereocenters. The first-order chi connectivity index (χ1) is 16.0. The minimum absolute atomic E-state index is 0.143. The number of hydrogen-bond donors (Lipinski definition) is 3. The molecule has 3 N–H and O–H groups in total. The van der Waals surface area contributed by atoms with E-state index in [-0.39, 0.29) is 12.6 Å². The highest BCUT2D eigenvalue weighted by atomic mass is 35.5. The molecule has 1 aliphatic carbocycles. The van der Waals surface area contributed by atoms with E-state index in [1.807, 2.05) is 13.8 Å². The van der Waals surface area contributed by atoms with Gasteiger partial charge in [0.05, 0.1) is 13.2 Å². The number of aliphatic hydroxyl groups is 2. The van der Waals surface area contributed by atoms with Gasteiger partial charge >= 0.3 is 5.97 Å². The van der Waals surface area contributed by atoms with Crippen LogP contribution in [0.3, 0.4) is 0 Å². The first-order valence-corrected chi connectivity index (χ1v) is 11.7. The molecule has 0 aromatic heterocycles. The highest BCUT2D eigenvalue weighted by Gasteiger charge is 2.16. The Morgan fingerprint density at radius 3 is 2.21 bits per heavy atom. The second kappa shape index (κ2) is 26.3. The number of halogens is 1. The number of nitrogens with one attached hydrogen (secondary N) is 1. The number of carbonyl (C=O) groups is 1. The molecule has 1 aliphatic rings. The number of allylic oxidation sites excluding steroid dienone is 6. The lowest BCUT2D eigenvalue weighted by Crippen LogP contribution is -2.44. The summed E-state index contributed by atoms with van der Waals surface area (Å²) >= 11 is 4.64. The van der Waals surface area contributed by atoms with Gasteiger partial charge in [-0.15, -0.1) is 11.6 Å². The maximum Gasteiger partial charge on any atom is 0.322 e. The number of benzene rings is 1. The highest BCUT2D eigenvalue weighted by molar-refractivity contribution is 6.15. The summed E-state index contributed by atoms with van der Waals surface area (Å²) in [7, 11) is 2.47. The normalized spacial score (nSPS) is 12.9. The van der Waals surface area contributed by atoms with Crippen LogP contribution >= 0.6 is 11.6 Å². The van der Waals surface area contributed by atoms with E-state index in [0.717, 1.165) is 13.5 Å². The summed E-state index contributed by atoms with van der Waals surface area (Å²) in [6, 6.07) is 8.18. The summed E-state index contributed by atoms with van der Waals surface area (Å²) in [5.41, 5.74) is 4.02. The number of aryl methyl sites for hydroxylation is 1. The summed E-state index contributed by atoms with van der Waals surface area (Å²) in [6.45, 7) is 9.95. The van der Waals surface area contributed by atoms with Crippen molar-refractivity contribution < 1.29 is 24.5 Å². The van der Waals surface area contributed by atoms with Gasteiger partial charge in [0, 0.05) is 20.6 Å². The van der Waals surface area contributed by atoms with Crippen molar-refractivity contribution in [3.63, 3.8) is 0 Å². The van der Waals surface area contributed by atoms with Crippen molar-refractivity contribution in [1.29, 1.82) is 0 Å². The molecule has 33 heavy (non-hydrogen) atoms. The molecule has 2 rings (SSSR count). The number of carbonyl (C=O) groups excluding carboxylic acids is 1. The quantitative estimate of drug-likeness (QED) is 0.290. The summed E-state index contributed by atoms with van der Waals surface area (Å²) < 4.78 is 9.41. The van der Waals surface area contributed by atoms with Gasteiger partial charge < -0.3 is 19.7 Å². The second-order valence-corrected chi connectivity index (χ2v) is 6.19. The third kappa shape index (κ3) is 19.2. The van der Waals surface area contributed by atoms with Crippen molar-refractivity contribution in [2.24, 2.45) is 0 Å². The molecular weight excluding hydrogens is 442 g/mol. The SMILES string of the molecule is CC.CCOC(=O)[C@H](C)NC(O)COC.CCl.CO.Cc1ccc(C2=CC=CC=CC2)cc1. The third-order valence-corrected chi connectivity index (χ3v) is 3.82. The molecule has 0 bridgehead atoms. The zero-order valence-electron chi connectivity index (χ0n) is 21.5. The van der Waals surface area contributed by atoms with Gasteiger partial charge in [-0.2, -0.15) is 0 Å². The molecule has 1 unspecified atom stereocenters. The van der Waals surface area contributed by atoms with E-state index >= 15 is 0 Å². The van der Waals surface area contributed by atoms with Gasteiger partial charge in [-0.3, -0.25) is 10.1 Å². The zero-order chi connectivity index (χ0) is 26.1. The van der Waals surface area contributed by atoms with Crippen molar-refractivity contribution in [3.8, 4) is 0 Å². The van der Waals surface area contributed by atoms with Crippen LogP contribution in [0.2, 0.25) is 0 Å². The zero-order valence-corrected chi connectivity index (χ0v) is 22.2. The molecule has 0 aliphatic heterocycles. The number of rotatable bonds is 7. The van der Waals surface area contributed by atoms with Gasteiger partial charge in [0.25, 0.3) is 0 Å². The molecule has 7 heteroatoms. The van der Waals surface area contributed by atoms with Crippen molar-refractivity contribution in [3.05, 3.63) is 65.8 Å². The van der Waals surface area contributed by atoms with Crippen LogP contribution in [-0.2, 0) is 14.3 Å². The number of esters is 1.